The quantitative estimate of drug-likeness (QED) is 0.682. The highest BCUT2D eigenvalue weighted by Gasteiger charge is 2.12. The predicted molar refractivity (Wildman–Crippen MR) is 66.6 cm³/mol. The van der Waals surface area contributed by atoms with Crippen LogP contribution >= 0.6 is 0 Å². The summed E-state index contributed by atoms with van der Waals surface area (Å²) in [6.45, 7) is 7.32. The van der Waals surface area contributed by atoms with E-state index in [0.717, 1.165) is 6.42 Å². The average Bonchev–Trinajstić information content (AvgIpc) is 2.23. The molecule has 2 amide bonds. The Balaban J connectivity index is 3.91. The fourth-order valence-electron chi connectivity index (χ4n) is 1.28. The molecular formula is C12H24N2O3. The monoisotopic (exact) mass is 244 g/mol. The maximum Gasteiger partial charge on any atom is 0.239 e. The van der Waals surface area contributed by atoms with Crippen molar-refractivity contribution in [2.24, 2.45) is 5.92 Å². The number of rotatable bonds is 8. The van der Waals surface area contributed by atoms with Crippen LogP contribution in [0.5, 0.6) is 0 Å². The van der Waals surface area contributed by atoms with E-state index in [9.17, 15) is 9.59 Å². The van der Waals surface area contributed by atoms with Gasteiger partial charge in [0, 0.05) is 27.1 Å². The van der Waals surface area contributed by atoms with Crippen LogP contribution in [0.1, 0.15) is 27.2 Å². The molecule has 0 aliphatic rings. The number of nitrogens with zero attached hydrogens (tertiary/aromatic N) is 1. The number of hydrogen-bond acceptors (Lipinski definition) is 3. The first-order valence-corrected chi connectivity index (χ1v) is 5.98. The van der Waals surface area contributed by atoms with Gasteiger partial charge in [0.05, 0.1) is 13.2 Å². The van der Waals surface area contributed by atoms with Crippen molar-refractivity contribution in [1.82, 2.24) is 10.2 Å². The van der Waals surface area contributed by atoms with Gasteiger partial charge in [0.15, 0.2) is 0 Å². The zero-order chi connectivity index (χ0) is 13.3. The third kappa shape index (κ3) is 8.68. The van der Waals surface area contributed by atoms with Crippen molar-refractivity contribution in [3.05, 3.63) is 0 Å². The molecule has 0 unspecified atom stereocenters. The molecule has 0 atom stereocenters. The number of nitrogens with one attached hydrogen (secondary N) is 1. The summed E-state index contributed by atoms with van der Waals surface area (Å²) in [5, 5.41) is 2.80. The molecule has 0 aromatic rings. The highest BCUT2D eigenvalue weighted by Crippen LogP contribution is 1.96. The second-order valence-electron chi connectivity index (χ2n) is 4.47. The van der Waals surface area contributed by atoms with E-state index in [-0.39, 0.29) is 18.4 Å². The standard InChI is InChI=1S/C12H24N2O3/c1-10(2)5-6-13-12(16)9-14(11(3)15)7-8-17-4/h10H,5-9H2,1-4H3,(H,13,16). The zero-order valence-electron chi connectivity index (χ0n) is 11.3. The van der Waals surface area contributed by atoms with Crippen LogP contribution in [0.25, 0.3) is 0 Å². The van der Waals surface area contributed by atoms with Gasteiger partial charge in [-0.3, -0.25) is 9.59 Å². The van der Waals surface area contributed by atoms with Crippen LogP contribution < -0.4 is 5.32 Å². The van der Waals surface area contributed by atoms with Gasteiger partial charge in [-0.2, -0.15) is 0 Å². The van der Waals surface area contributed by atoms with Crippen molar-refractivity contribution in [3.63, 3.8) is 0 Å². The maximum absolute atomic E-state index is 11.6. The number of ether oxygens (including phenoxy) is 1. The summed E-state index contributed by atoms with van der Waals surface area (Å²) < 4.78 is 4.89. The van der Waals surface area contributed by atoms with Crippen LogP contribution in [0, 0.1) is 5.92 Å². The molecule has 0 aliphatic carbocycles. The molecule has 0 saturated carbocycles. The number of amides is 2. The van der Waals surface area contributed by atoms with E-state index in [4.69, 9.17) is 4.74 Å². The molecule has 5 nitrogen and oxygen atoms in total. The first-order valence-electron chi connectivity index (χ1n) is 5.98. The predicted octanol–water partition coefficient (Wildman–Crippen LogP) is 0.644. The molecule has 0 aliphatic heterocycles. The number of carbonyl (C=O) groups excluding carboxylic acids is 2. The van der Waals surface area contributed by atoms with Gasteiger partial charge in [-0.05, 0) is 12.3 Å². The Kier molecular flexibility index (Phi) is 8.40. The molecule has 0 heterocycles. The number of carbonyl (C=O) groups is 2. The molecule has 0 bridgehead atoms. The normalized spacial score (nSPS) is 10.4. The number of hydrogen-bond donors (Lipinski definition) is 1. The van der Waals surface area contributed by atoms with Crippen LogP contribution in [0.2, 0.25) is 0 Å². The molecule has 0 aromatic heterocycles. The van der Waals surface area contributed by atoms with Crippen molar-refractivity contribution in [2.75, 3.05) is 33.4 Å². The van der Waals surface area contributed by atoms with Crippen LogP contribution in [-0.4, -0.2) is 50.1 Å². The molecule has 0 saturated heterocycles. The van der Waals surface area contributed by atoms with Crippen LogP contribution in [-0.2, 0) is 14.3 Å². The molecule has 100 valence electrons. The van der Waals surface area contributed by atoms with Gasteiger partial charge in [0.25, 0.3) is 0 Å². The average molecular weight is 244 g/mol. The Morgan fingerprint density at radius 3 is 2.47 bits per heavy atom. The maximum atomic E-state index is 11.6. The second kappa shape index (κ2) is 8.98. The summed E-state index contributed by atoms with van der Waals surface area (Å²) in [7, 11) is 1.57. The molecule has 5 heteroatoms. The van der Waals surface area contributed by atoms with Gasteiger partial charge in [-0.1, -0.05) is 13.8 Å². The summed E-state index contributed by atoms with van der Waals surface area (Å²) in [6.07, 6.45) is 0.948. The van der Waals surface area contributed by atoms with E-state index < -0.39 is 0 Å². The Bertz CT molecular complexity index is 242. The third-order valence-electron chi connectivity index (χ3n) is 2.39. The van der Waals surface area contributed by atoms with Crippen LogP contribution in [0.15, 0.2) is 0 Å². The van der Waals surface area contributed by atoms with Gasteiger partial charge in [0.2, 0.25) is 11.8 Å². The lowest BCUT2D eigenvalue weighted by molar-refractivity contribution is -0.134. The smallest absolute Gasteiger partial charge is 0.239 e. The zero-order valence-corrected chi connectivity index (χ0v) is 11.3. The fourth-order valence-corrected chi connectivity index (χ4v) is 1.28. The van der Waals surface area contributed by atoms with Crippen molar-refractivity contribution < 1.29 is 14.3 Å². The van der Waals surface area contributed by atoms with Gasteiger partial charge < -0.3 is 15.0 Å². The number of methoxy groups -OCH3 is 1. The minimum absolute atomic E-state index is 0.108. The molecule has 17 heavy (non-hydrogen) atoms. The molecular weight excluding hydrogens is 220 g/mol. The Hall–Kier alpha value is -1.10. The summed E-state index contributed by atoms with van der Waals surface area (Å²) in [5.41, 5.74) is 0. The van der Waals surface area contributed by atoms with E-state index in [1.165, 1.54) is 11.8 Å². The Morgan fingerprint density at radius 2 is 2.00 bits per heavy atom. The lowest BCUT2D eigenvalue weighted by Crippen LogP contribution is -2.41. The first-order chi connectivity index (χ1) is 7.97. The highest BCUT2D eigenvalue weighted by molar-refractivity contribution is 5.83. The lowest BCUT2D eigenvalue weighted by Gasteiger charge is -2.20. The van der Waals surface area contributed by atoms with E-state index in [1.54, 1.807) is 7.11 Å². The van der Waals surface area contributed by atoms with Crippen LogP contribution in [0.3, 0.4) is 0 Å². The SMILES string of the molecule is COCCN(CC(=O)NCCC(C)C)C(C)=O. The molecule has 0 radical (unpaired) electrons. The second-order valence-corrected chi connectivity index (χ2v) is 4.47. The summed E-state index contributed by atoms with van der Waals surface area (Å²) >= 11 is 0. The third-order valence-corrected chi connectivity index (χ3v) is 2.39. The molecule has 0 spiro atoms. The van der Waals surface area contributed by atoms with Crippen molar-refractivity contribution >= 4 is 11.8 Å². The van der Waals surface area contributed by atoms with Crippen LogP contribution in [0.4, 0.5) is 0 Å². The first kappa shape index (κ1) is 15.9. The van der Waals surface area contributed by atoms with E-state index in [2.05, 4.69) is 19.2 Å². The summed E-state index contributed by atoms with van der Waals surface area (Å²) in [5.74, 6) is 0.339. The minimum Gasteiger partial charge on any atom is -0.383 e. The van der Waals surface area contributed by atoms with Gasteiger partial charge in [-0.25, -0.2) is 0 Å². The Labute approximate surface area is 103 Å². The highest BCUT2D eigenvalue weighted by atomic mass is 16.5. The minimum atomic E-state index is -0.114. The summed E-state index contributed by atoms with van der Waals surface area (Å²) in [6, 6.07) is 0. The Morgan fingerprint density at radius 1 is 1.35 bits per heavy atom. The molecule has 0 rings (SSSR count). The largest absolute Gasteiger partial charge is 0.383 e. The molecule has 0 fully saturated rings. The van der Waals surface area contributed by atoms with Crippen molar-refractivity contribution in [1.29, 1.82) is 0 Å². The fraction of sp³-hybridized carbons (Fsp3) is 0.833. The molecule has 1 N–H and O–H groups in total. The molecule has 0 aromatic carbocycles. The van der Waals surface area contributed by atoms with Gasteiger partial charge in [-0.15, -0.1) is 0 Å². The van der Waals surface area contributed by atoms with E-state index in [1.807, 2.05) is 0 Å². The van der Waals surface area contributed by atoms with E-state index >= 15 is 0 Å². The van der Waals surface area contributed by atoms with Gasteiger partial charge in [0.1, 0.15) is 0 Å². The lowest BCUT2D eigenvalue weighted by atomic mass is 10.1. The van der Waals surface area contributed by atoms with Crippen molar-refractivity contribution in [2.45, 2.75) is 27.2 Å². The van der Waals surface area contributed by atoms with Crippen molar-refractivity contribution in [3.8, 4) is 0 Å². The van der Waals surface area contributed by atoms with Gasteiger partial charge >= 0.3 is 0 Å². The topological polar surface area (TPSA) is 58.6 Å². The van der Waals surface area contributed by atoms with E-state index in [0.29, 0.717) is 25.6 Å². The summed E-state index contributed by atoms with van der Waals surface area (Å²) in [4.78, 5) is 24.3.